The summed E-state index contributed by atoms with van der Waals surface area (Å²) in [5.41, 5.74) is 10.4. The number of benzene rings is 5. The lowest BCUT2D eigenvalue weighted by atomic mass is 10.00. The molecule has 3 heterocycles. The zero-order chi connectivity index (χ0) is 36.9. The fraction of sp³-hybridized carbons (Fsp3) is 0.114. The largest absolute Gasteiger partial charge is 0.329 e. The topological polar surface area (TPSA) is 114 Å². The van der Waals surface area contributed by atoms with Crippen LogP contribution in [0.4, 0.5) is 0 Å². The van der Waals surface area contributed by atoms with Crippen molar-refractivity contribution in [1.82, 2.24) is 23.3 Å². The van der Waals surface area contributed by atoms with E-state index in [9.17, 15) is 20.1 Å². The number of aryl methyl sites for hydroxylation is 4. The molecule has 0 atom stereocenters. The lowest BCUT2D eigenvalue weighted by Crippen LogP contribution is -2.23. The number of hydrogen-bond acceptors (Lipinski definition) is 5. The molecule has 0 aliphatic rings. The summed E-state index contributed by atoms with van der Waals surface area (Å²) in [6, 6.07) is 45.3. The van der Waals surface area contributed by atoms with E-state index in [4.69, 9.17) is 0 Å². The number of pyridine rings is 1. The normalized spacial score (nSPS) is 10.8. The second-order valence-electron chi connectivity index (χ2n) is 12.7. The Morgan fingerprint density at radius 3 is 1.62 bits per heavy atom. The highest BCUT2D eigenvalue weighted by molar-refractivity contribution is 5.85. The van der Waals surface area contributed by atoms with Crippen LogP contribution in [0.1, 0.15) is 22.3 Å². The SMILES string of the molecule is Cn1c(=O)n(CCc2ccccc2)c2ccc(-c3ccccc3C#N)cc21.Cn1c(=O)n(Cc2cccnc2)c2ccc(-c3ccccc3C#N)cc21. The molecule has 53 heavy (non-hydrogen) atoms. The van der Waals surface area contributed by atoms with Crippen LogP contribution in [-0.4, -0.2) is 23.3 Å². The van der Waals surface area contributed by atoms with Crippen LogP contribution in [0, 0.1) is 22.7 Å². The Labute approximate surface area is 306 Å². The minimum absolute atomic E-state index is 0.0216. The van der Waals surface area contributed by atoms with Gasteiger partial charge in [0.15, 0.2) is 0 Å². The molecule has 0 aliphatic carbocycles. The minimum Gasteiger partial charge on any atom is -0.295 e. The van der Waals surface area contributed by atoms with Gasteiger partial charge < -0.3 is 0 Å². The molecular formula is C44H35N7O2. The molecule has 0 saturated heterocycles. The maximum absolute atomic E-state index is 12.8. The molecule has 0 bridgehead atoms. The number of nitriles is 2. The molecular weight excluding hydrogens is 659 g/mol. The number of aromatic nitrogens is 5. The van der Waals surface area contributed by atoms with Gasteiger partial charge in [0, 0.05) is 33.0 Å². The van der Waals surface area contributed by atoms with Crippen LogP contribution in [0.3, 0.4) is 0 Å². The van der Waals surface area contributed by atoms with Crippen molar-refractivity contribution in [3.8, 4) is 34.4 Å². The predicted molar refractivity (Wildman–Crippen MR) is 208 cm³/mol. The first-order chi connectivity index (χ1) is 25.9. The summed E-state index contributed by atoms with van der Waals surface area (Å²) >= 11 is 0. The Hall–Kier alpha value is -7.23. The van der Waals surface area contributed by atoms with Crippen molar-refractivity contribution >= 4 is 22.1 Å². The van der Waals surface area contributed by atoms with Gasteiger partial charge in [-0.3, -0.25) is 23.3 Å². The van der Waals surface area contributed by atoms with Crippen LogP contribution < -0.4 is 11.4 Å². The molecule has 0 saturated carbocycles. The monoisotopic (exact) mass is 693 g/mol. The Kier molecular flexibility index (Phi) is 9.65. The van der Waals surface area contributed by atoms with Gasteiger partial charge in [0.1, 0.15) is 0 Å². The lowest BCUT2D eigenvalue weighted by Gasteiger charge is -2.06. The first-order valence-electron chi connectivity index (χ1n) is 17.2. The average Bonchev–Trinajstić information content (AvgIpc) is 3.60. The summed E-state index contributed by atoms with van der Waals surface area (Å²) in [6.45, 7) is 1.10. The molecule has 9 nitrogen and oxygen atoms in total. The van der Waals surface area contributed by atoms with Gasteiger partial charge in [-0.2, -0.15) is 10.5 Å². The Balaban J connectivity index is 0.000000164. The lowest BCUT2D eigenvalue weighted by molar-refractivity contribution is 0.666. The fourth-order valence-corrected chi connectivity index (χ4v) is 6.74. The second kappa shape index (κ2) is 14.9. The Morgan fingerprint density at radius 2 is 1.08 bits per heavy atom. The molecule has 0 spiro atoms. The van der Waals surface area contributed by atoms with E-state index in [-0.39, 0.29) is 11.4 Å². The molecule has 0 unspecified atom stereocenters. The van der Waals surface area contributed by atoms with Gasteiger partial charge >= 0.3 is 11.4 Å². The maximum atomic E-state index is 12.8. The fourth-order valence-electron chi connectivity index (χ4n) is 6.74. The summed E-state index contributed by atoms with van der Waals surface area (Å²) in [7, 11) is 3.56. The molecule has 258 valence electrons. The van der Waals surface area contributed by atoms with Crippen LogP contribution in [0.15, 0.2) is 149 Å². The van der Waals surface area contributed by atoms with Crippen molar-refractivity contribution in [2.75, 3.05) is 0 Å². The number of fused-ring (bicyclic) bond motifs is 2. The first kappa shape index (κ1) is 34.2. The number of imidazole rings is 2. The first-order valence-corrected chi connectivity index (χ1v) is 17.2. The summed E-state index contributed by atoms with van der Waals surface area (Å²) in [5, 5.41) is 18.7. The van der Waals surface area contributed by atoms with Crippen LogP contribution in [0.5, 0.6) is 0 Å². The van der Waals surface area contributed by atoms with Crippen molar-refractivity contribution in [3.05, 3.63) is 183 Å². The second-order valence-corrected chi connectivity index (χ2v) is 12.7. The highest BCUT2D eigenvalue weighted by Crippen LogP contribution is 2.28. The van der Waals surface area contributed by atoms with E-state index in [1.807, 2.05) is 114 Å². The van der Waals surface area contributed by atoms with Gasteiger partial charge in [-0.25, -0.2) is 9.59 Å². The van der Waals surface area contributed by atoms with Gasteiger partial charge in [0.05, 0.1) is 51.9 Å². The molecule has 0 fully saturated rings. The van der Waals surface area contributed by atoms with Gasteiger partial charge in [-0.1, -0.05) is 84.9 Å². The summed E-state index contributed by atoms with van der Waals surface area (Å²) in [4.78, 5) is 29.6. The van der Waals surface area contributed by atoms with Crippen molar-refractivity contribution in [2.45, 2.75) is 19.5 Å². The smallest absolute Gasteiger partial charge is 0.295 e. The van der Waals surface area contributed by atoms with E-state index in [1.165, 1.54) is 5.56 Å². The summed E-state index contributed by atoms with van der Waals surface area (Å²) < 4.78 is 6.89. The van der Waals surface area contributed by atoms with Gasteiger partial charge in [0.25, 0.3) is 0 Å². The third-order valence-electron chi connectivity index (χ3n) is 9.54. The summed E-state index contributed by atoms with van der Waals surface area (Å²) in [6.07, 6.45) is 4.29. The van der Waals surface area contributed by atoms with Crippen LogP contribution in [0.2, 0.25) is 0 Å². The van der Waals surface area contributed by atoms with Crippen LogP contribution in [-0.2, 0) is 33.6 Å². The zero-order valence-corrected chi connectivity index (χ0v) is 29.3. The van der Waals surface area contributed by atoms with Gasteiger partial charge in [0.2, 0.25) is 0 Å². The molecule has 3 aromatic heterocycles. The quantitative estimate of drug-likeness (QED) is 0.172. The standard InChI is InChI=1S/C23H19N3O.C21H16N4O/c1-25-22-15-18(20-10-6-5-9-19(20)16-24)11-12-21(22)26(23(25)27)14-13-17-7-3-2-4-8-17;1-24-20-11-16(18-7-3-2-6-17(18)12-22)8-9-19(20)25(21(24)26)14-15-5-4-10-23-13-15/h2-12,15H,13-14H2,1H3;2-11,13H,14H2,1H3. The number of hydrogen-bond donors (Lipinski definition) is 0. The third kappa shape index (κ3) is 6.80. The molecule has 8 rings (SSSR count). The highest BCUT2D eigenvalue weighted by atomic mass is 16.2. The Morgan fingerprint density at radius 1 is 0.566 bits per heavy atom. The van der Waals surface area contributed by atoms with Crippen LogP contribution >= 0.6 is 0 Å². The molecule has 0 aliphatic heterocycles. The van der Waals surface area contributed by atoms with Gasteiger partial charge in [-0.15, -0.1) is 0 Å². The third-order valence-corrected chi connectivity index (χ3v) is 9.54. The minimum atomic E-state index is -0.0745. The van der Waals surface area contributed by atoms with Gasteiger partial charge in [-0.05, 0) is 82.3 Å². The van der Waals surface area contributed by atoms with Crippen molar-refractivity contribution in [3.63, 3.8) is 0 Å². The molecule has 9 heteroatoms. The van der Waals surface area contributed by atoms with Crippen LogP contribution in [0.25, 0.3) is 44.3 Å². The summed E-state index contributed by atoms with van der Waals surface area (Å²) in [5.74, 6) is 0. The van der Waals surface area contributed by atoms with E-state index < -0.39 is 0 Å². The molecule has 0 amide bonds. The Bertz CT molecular complexity index is 2790. The maximum Gasteiger partial charge on any atom is 0.329 e. The van der Waals surface area contributed by atoms with E-state index >= 15 is 0 Å². The molecule has 0 radical (unpaired) electrons. The zero-order valence-electron chi connectivity index (χ0n) is 29.3. The van der Waals surface area contributed by atoms with Crippen molar-refractivity contribution in [1.29, 1.82) is 10.5 Å². The van der Waals surface area contributed by atoms with E-state index in [0.29, 0.717) is 24.2 Å². The van der Waals surface area contributed by atoms with Crippen molar-refractivity contribution < 1.29 is 0 Å². The number of nitrogens with zero attached hydrogens (tertiary/aromatic N) is 7. The van der Waals surface area contributed by atoms with Crippen molar-refractivity contribution in [2.24, 2.45) is 14.1 Å². The molecule has 8 aromatic rings. The average molecular weight is 694 g/mol. The molecule has 0 N–H and O–H groups in total. The number of rotatable bonds is 7. The van der Waals surface area contributed by atoms with E-state index in [0.717, 1.165) is 56.3 Å². The molecule has 5 aromatic carbocycles. The van der Waals surface area contributed by atoms with E-state index in [2.05, 4.69) is 29.3 Å². The van der Waals surface area contributed by atoms with E-state index in [1.54, 1.807) is 46.3 Å². The highest BCUT2D eigenvalue weighted by Gasteiger charge is 2.15. The predicted octanol–water partition coefficient (Wildman–Crippen LogP) is 7.44.